The van der Waals surface area contributed by atoms with Gasteiger partial charge in [-0.15, -0.1) is 0 Å². The van der Waals surface area contributed by atoms with Crippen molar-refractivity contribution < 1.29 is 22.7 Å². The van der Waals surface area contributed by atoms with Crippen LogP contribution < -0.4 is 10.1 Å². The number of hydrogen-bond acceptors (Lipinski definition) is 3. The van der Waals surface area contributed by atoms with E-state index >= 15 is 0 Å². The van der Waals surface area contributed by atoms with Crippen LogP contribution in [0.25, 0.3) is 0 Å². The second-order valence-electron chi connectivity index (χ2n) is 6.02. The minimum absolute atomic E-state index is 0.135. The molecule has 1 unspecified atom stereocenters. The van der Waals surface area contributed by atoms with Gasteiger partial charge in [-0.3, -0.25) is 4.98 Å². The predicted molar refractivity (Wildman–Crippen MR) is 89.9 cm³/mol. The molecule has 3 rings (SSSR count). The number of nitrogens with zero attached hydrogens (tertiary/aromatic N) is 2. The highest BCUT2D eigenvalue weighted by Crippen LogP contribution is 2.30. The quantitative estimate of drug-likeness (QED) is 0.888. The van der Waals surface area contributed by atoms with Crippen LogP contribution in [0.15, 0.2) is 48.8 Å². The number of ether oxygens (including phenoxy) is 1. The second-order valence-corrected chi connectivity index (χ2v) is 6.02. The Bertz CT molecular complexity index is 736. The van der Waals surface area contributed by atoms with Crippen LogP contribution in [0.1, 0.15) is 18.4 Å². The van der Waals surface area contributed by atoms with Crippen LogP contribution in [0, 0.1) is 0 Å². The van der Waals surface area contributed by atoms with Gasteiger partial charge in [-0.2, -0.15) is 13.2 Å². The van der Waals surface area contributed by atoms with E-state index in [0.717, 1.165) is 25.0 Å². The maximum atomic E-state index is 12.6. The summed E-state index contributed by atoms with van der Waals surface area (Å²) in [6.07, 6.45) is 0.347. The molecule has 1 saturated heterocycles. The van der Waals surface area contributed by atoms with Gasteiger partial charge in [0.2, 0.25) is 0 Å². The second kappa shape index (κ2) is 7.63. The predicted octanol–water partition coefficient (Wildman–Crippen LogP) is 4.18. The number of alkyl halides is 3. The summed E-state index contributed by atoms with van der Waals surface area (Å²) in [6, 6.07) is 7.53. The van der Waals surface area contributed by atoms with Crippen molar-refractivity contribution in [1.29, 1.82) is 0 Å². The molecule has 2 aromatic rings. The largest absolute Gasteiger partial charge is 0.488 e. The van der Waals surface area contributed by atoms with Gasteiger partial charge in [0, 0.05) is 24.6 Å². The third kappa shape index (κ3) is 4.65. The summed E-state index contributed by atoms with van der Waals surface area (Å²) in [5.41, 5.74) is -0.431. The van der Waals surface area contributed by atoms with Gasteiger partial charge < -0.3 is 15.0 Å². The highest BCUT2D eigenvalue weighted by atomic mass is 19.4. The Morgan fingerprint density at radius 2 is 1.85 bits per heavy atom. The summed E-state index contributed by atoms with van der Waals surface area (Å²) in [7, 11) is 0. The van der Waals surface area contributed by atoms with Gasteiger partial charge in [-0.25, -0.2) is 4.79 Å². The molecular formula is C18H18F3N3O2. The van der Waals surface area contributed by atoms with E-state index < -0.39 is 11.7 Å². The van der Waals surface area contributed by atoms with Crippen LogP contribution in [-0.4, -0.2) is 35.1 Å². The topological polar surface area (TPSA) is 54.5 Å². The number of aromatic nitrogens is 1. The van der Waals surface area contributed by atoms with Gasteiger partial charge in [0.25, 0.3) is 0 Å². The molecule has 26 heavy (non-hydrogen) atoms. The van der Waals surface area contributed by atoms with Crippen molar-refractivity contribution in [2.75, 3.05) is 18.4 Å². The van der Waals surface area contributed by atoms with E-state index in [0.29, 0.717) is 24.5 Å². The van der Waals surface area contributed by atoms with Crippen LogP contribution in [-0.2, 0) is 6.18 Å². The monoisotopic (exact) mass is 365 g/mol. The zero-order valence-corrected chi connectivity index (χ0v) is 13.9. The van der Waals surface area contributed by atoms with E-state index in [4.69, 9.17) is 4.74 Å². The molecule has 138 valence electrons. The Labute approximate surface area is 148 Å². The van der Waals surface area contributed by atoms with Gasteiger partial charge in [0.1, 0.15) is 11.9 Å². The molecule has 8 heteroatoms. The van der Waals surface area contributed by atoms with Crippen molar-refractivity contribution in [3.8, 4) is 5.75 Å². The molecule has 1 atom stereocenters. The molecule has 5 nitrogen and oxygen atoms in total. The number of anilines is 1. The summed E-state index contributed by atoms with van der Waals surface area (Å²) in [5, 5.41) is 2.63. The SMILES string of the molecule is O=C(Nc1ccc(C(F)(F)F)cc1)N1CCCC(Oc2ccncc2)C1. The minimum Gasteiger partial charge on any atom is -0.488 e. The van der Waals surface area contributed by atoms with Gasteiger partial charge in [0.15, 0.2) is 0 Å². The van der Waals surface area contributed by atoms with Crippen molar-refractivity contribution in [2.45, 2.75) is 25.1 Å². The van der Waals surface area contributed by atoms with Crippen LogP contribution in [0.4, 0.5) is 23.7 Å². The number of piperidine rings is 1. The smallest absolute Gasteiger partial charge is 0.416 e. The molecule has 1 aliphatic heterocycles. The van der Waals surface area contributed by atoms with E-state index in [1.807, 2.05) is 0 Å². The lowest BCUT2D eigenvalue weighted by atomic mass is 10.1. The lowest BCUT2D eigenvalue weighted by molar-refractivity contribution is -0.137. The van der Waals surface area contributed by atoms with Gasteiger partial charge in [-0.05, 0) is 49.2 Å². The number of pyridine rings is 1. The van der Waals surface area contributed by atoms with Gasteiger partial charge >= 0.3 is 12.2 Å². The first-order valence-electron chi connectivity index (χ1n) is 8.22. The normalized spacial score (nSPS) is 17.7. The van der Waals surface area contributed by atoms with E-state index in [-0.39, 0.29) is 12.1 Å². The third-order valence-corrected chi connectivity index (χ3v) is 4.08. The van der Waals surface area contributed by atoms with Crippen LogP contribution in [0.3, 0.4) is 0 Å². The summed E-state index contributed by atoms with van der Waals surface area (Å²) >= 11 is 0. The number of urea groups is 1. The first kappa shape index (κ1) is 18.0. The molecular weight excluding hydrogens is 347 g/mol. The van der Waals surface area contributed by atoms with E-state index in [9.17, 15) is 18.0 Å². The lowest BCUT2D eigenvalue weighted by Gasteiger charge is -2.32. The number of hydrogen-bond donors (Lipinski definition) is 1. The number of likely N-dealkylation sites (tertiary alicyclic amines) is 1. The highest BCUT2D eigenvalue weighted by molar-refractivity contribution is 5.89. The molecule has 1 aromatic heterocycles. The highest BCUT2D eigenvalue weighted by Gasteiger charge is 2.30. The molecule has 2 amide bonds. The molecule has 2 heterocycles. The molecule has 0 aliphatic carbocycles. The first-order chi connectivity index (χ1) is 12.4. The number of nitrogens with one attached hydrogen (secondary N) is 1. The van der Waals surface area contributed by atoms with Crippen LogP contribution in [0.2, 0.25) is 0 Å². The zero-order valence-electron chi connectivity index (χ0n) is 13.9. The van der Waals surface area contributed by atoms with Crippen molar-refractivity contribution in [2.24, 2.45) is 0 Å². The molecule has 0 bridgehead atoms. The summed E-state index contributed by atoms with van der Waals surface area (Å²) in [6.45, 7) is 0.984. The Balaban J connectivity index is 1.57. The molecule has 0 radical (unpaired) electrons. The fourth-order valence-electron chi connectivity index (χ4n) is 2.77. The van der Waals surface area contributed by atoms with Crippen molar-refractivity contribution in [3.05, 3.63) is 54.4 Å². The Hall–Kier alpha value is -2.77. The number of halogens is 3. The number of benzene rings is 1. The fourth-order valence-corrected chi connectivity index (χ4v) is 2.77. The Morgan fingerprint density at radius 1 is 1.15 bits per heavy atom. The molecule has 1 N–H and O–H groups in total. The van der Waals surface area contributed by atoms with Gasteiger partial charge in [0.05, 0.1) is 12.1 Å². The lowest BCUT2D eigenvalue weighted by Crippen LogP contribution is -2.46. The van der Waals surface area contributed by atoms with Crippen LogP contribution >= 0.6 is 0 Å². The van der Waals surface area contributed by atoms with E-state index in [1.54, 1.807) is 29.4 Å². The molecule has 1 fully saturated rings. The number of carbonyl (C=O) groups is 1. The Morgan fingerprint density at radius 3 is 2.50 bits per heavy atom. The minimum atomic E-state index is -4.40. The summed E-state index contributed by atoms with van der Waals surface area (Å²) in [5.74, 6) is 0.690. The number of amides is 2. The standard InChI is InChI=1S/C18H18F3N3O2/c19-18(20,21)13-3-5-14(6-4-13)23-17(25)24-11-1-2-16(12-24)26-15-7-9-22-10-8-15/h3-10,16H,1-2,11-12H2,(H,23,25). The molecule has 0 saturated carbocycles. The van der Waals surface area contributed by atoms with Crippen molar-refractivity contribution in [3.63, 3.8) is 0 Å². The first-order valence-corrected chi connectivity index (χ1v) is 8.22. The van der Waals surface area contributed by atoms with Crippen molar-refractivity contribution >= 4 is 11.7 Å². The zero-order chi connectivity index (χ0) is 18.6. The average Bonchev–Trinajstić information content (AvgIpc) is 2.62. The number of rotatable bonds is 3. The van der Waals surface area contributed by atoms with Crippen LogP contribution in [0.5, 0.6) is 5.75 Å². The van der Waals surface area contributed by atoms with E-state index in [2.05, 4.69) is 10.3 Å². The summed E-state index contributed by atoms with van der Waals surface area (Å²) in [4.78, 5) is 17.9. The average molecular weight is 365 g/mol. The number of carbonyl (C=O) groups excluding carboxylic acids is 1. The molecule has 1 aromatic carbocycles. The Kier molecular flexibility index (Phi) is 5.29. The van der Waals surface area contributed by atoms with Crippen molar-refractivity contribution in [1.82, 2.24) is 9.88 Å². The van der Waals surface area contributed by atoms with E-state index in [1.165, 1.54) is 12.1 Å². The molecule has 1 aliphatic rings. The molecule has 0 spiro atoms. The maximum Gasteiger partial charge on any atom is 0.416 e. The fraction of sp³-hybridized carbons (Fsp3) is 0.333. The van der Waals surface area contributed by atoms with Gasteiger partial charge in [-0.1, -0.05) is 0 Å². The third-order valence-electron chi connectivity index (χ3n) is 4.08. The summed E-state index contributed by atoms with van der Waals surface area (Å²) < 4.78 is 43.6. The maximum absolute atomic E-state index is 12.6.